The average molecular weight is 388 g/mol. The van der Waals surface area contributed by atoms with Gasteiger partial charge in [-0.3, -0.25) is 0 Å². The molecule has 0 bridgehead atoms. The summed E-state index contributed by atoms with van der Waals surface area (Å²) in [4.78, 5) is 14.3. The van der Waals surface area contributed by atoms with Gasteiger partial charge in [-0.05, 0) is 64.2 Å². The van der Waals surface area contributed by atoms with Crippen molar-refractivity contribution in [3.63, 3.8) is 0 Å². The van der Waals surface area contributed by atoms with Crippen LogP contribution in [0.2, 0.25) is 10.0 Å². The first-order valence-corrected chi connectivity index (χ1v) is 9.47. The summed E-state index contributed by atoms with van der Waals surface area (Å²) < 4.78 is 5.54. The molecule has 25 heavy (non-hydrogen) atoms. The van der Waals surface area contributed by atoms with Gasteiger partial charge in [-0.1, -0.05) is 29.3 Å². The number of carbonyl (C=O) groups excluding carboxylic acids is 1. The van der Waals surface area contributed by atoms with Crippen molar-refractivity contribution < 1.29 is 14.6 Å². The van der Waals surface area contributed by atoms with Gasteiger partial charge in [0.15, 0.2) is 0 Å². The van der Waals surface area contributed by atoms with Crippen molar-refractivity contribution in [2.75, 3.05) is 19.7 Å². The molecular weight excluding hydrogens is 361 g/mol. The number of hydrogen-bond donors (Lipinski definition) is 1. The minimum Gasteiger partial charge on any atom is -0.444 e. The predicted molar refractivity (Wildman–Crippen MR) is 102 cm³/mol. The van der Waals surface area contributed by atoms with Crippen LogP contribution in [0.3, 0.4) is 0 Å². The molecule has 0 aromatic heterocycles. The van der Waals surface area contributed by atoms with Crippen molar-refractivity contribution in [2.24, 2.45) is 0 Å². The van der Waals surface area contributed by atoms with Gasteiger partial charge in [-0.15, -0.1) is 0 Å². The molecule has 1 fully saturated rings. The molecule has 0 unspecified atom stereocenters. The van der Waals surface area contributed by atoms with Crippen LogP contribution in [0.1, 0.15) is 52.0 Å². The number of aliphatic hydroxyl groups excluding tert-OH is 1. The summed E-state index contributed by atoms with van der Waals surface area (Å²) in [5.74, 6) is 0. The van der Waals surface area contributed by atoms with E-state index in [1.807, 2.05) is 32.9 Å². The van der Waals surface area contributed by atoms with Crippen molar-refractivity contribution in [1.82, 2.24) is 4.90 Å². The summed E-state index contributed by atoms with van der Waals surface area (Å²) >= 11 is 12.3. The Kier molecular flexibility index (Phi) is 6.63. The number of likely N-dealkylation sites (tertiary alicyclic amines) is 1. The first-order valence-electron chi connectivity index (χ1n) is 8.71. The van der Waals surface area contributed by atoms with Crippen molar-refractivity contribution in [3.8, 4) is 0 Å². The molecule has 1 N–H and O–H groups in total. The highest BCUT2D eigenvalue weighted by Crippen LogP contribution is 2.40. The lowest BCUT2D eigenvalue weighted by molar-refractivity contribution is 0.0122. The molecule has 0 spiro atoms. The Balaban J connectivity index is 2.29. The molecule has 1 aliphatic heterocycles. The van der Waals surface area contributed by atoms with E-state index in [1.54, 1.807) is 11.0 Å². The van der Waals surface area contributed by atoms with Crippen LogP contribution in [0.5, 0.6) is 0 Å². The molecule has 1 aliphatic rings. The molecule has 1 atom stereocenters. The third-order valence-electron chi connectivity index (χ3n) is 4.57. The first-order chi connectivity index (χ1) is 11.7. The Hall–Kier alpha value is -0.970. The molecule has 6 heteroatoms. The van der Waals surface area contributed by atoms with Crippen LogP contribution in [0, 0.1) is 0 Å². The van der Waals surface area contributed by atoms with Crippen LogP contribution >= 0.6 is 23.2 Å². The summed E-state index contributed by atoms with van der Waals surface area (Å²) in [5, 5.41) is 10.4. The average Bonchev–Trinajstić information content (AvgIpc) is 2.54. The molecule has 1 saturated heterocycles. The molecular formula is C19H27Cl2NO3. The number of nitrogens with zero attached hydrogens (tertiary/aromatic N) is 1. The molecule has 0 aliphatic carbocycles. The zero-order valence-electron chi connectivity index (χ0n) is 15.1. The number of ether oxygens (including phenoxy) is 1. The summed E-state index contributed by atoms with van der Waals surface area (Å²) in [6.07, 6.45) is 2.97. The molecule has 1 heterocycles. The lowest BCUT2D eigenvalue weighted by Crippen LogP contribution is -2.50. The lowest BCUT2D eigenvalue weighted by atomic mass is 9.71. The van der Waals surface area contributed by atoms with Crippen LogP contribution in [0.4, 0.5) is 4.79 Å². The third kappa shape index (κ3) is 5.25. The normalized spacial score (nSPS) is 21.3. The molecule has 1 amide bonds. The number of piperidine rings is 1. The largest absolute Gasteiger partial charge is 0.444 e. The van der Waals surface area contributed by atoms with E-state index in [9.17, 15) is 9.90 Å². The van der Waals surface area contributed by atoms with E-state index in [0.717, 1.165) is 24.8 Å². The standard InChI is InChI=1S/C19H27Cl2NO3/c1-18(2,3)25-17(24)22-10-4-8-19(13-22,9-5-11-23)14-6-7-15(20)16(21)12-14/h6-7,12,23H,4-5,8-11,13H2,1-3H3/t19-/m0/s1. The van der Waals surface area contributed by atoms with Gasteiger partial charge in [0, 0.05) is 25.1 Å². The first kappa shape index (κ1) is 20.3. The second-order valence-corrected chi connectivity index (χ2v) is 8.56. The zero-order valence-corrected chi connectivity index (χ0v) is 16.7. The lowest BCUT2D eigenvalue weighted by Gasteiger charge is -2.43. The minimum absolute atomic E-state index is 0.121. The van der Waals surface area contributed by atoms with Crippen molar-refractivity contribution >= 4 is 29.3 Å². The van der Waals surface area contributed by atoms with E-state index in [2.05, 4.69) is 0 Å². The van der Waals surface area contributed by atoms with E-state index >= 15 is 0 Å². The maximum Gasteiger partial charge on any atom is 0.410 e. The number of carbonyl (C=O) groups is 1. The third-order valence-corrected chi connectivity index (χ3v) is 5.31. The number of halogens is 2. The van der Waals surface area contributed by atoms with Gasteiger partial charge in [-0.25, -0.2) is 4.79 Å². The van der Waals surface area contributed by atoms with Crippen LogP contribution in [0.15, 0.2) is 18.2 Å². The molecule has 140 valence electrons. The monoisotopic (exact) mass is 387 g/mol. The van der Waals surface area contributed by atoms with Crippen LogP contribution in [-0.2, 0) is 10.2 Å². The Bertz CT molecular complexity index is 615. The fourth-order valence-electron chi connectivity index (χ4n) is 3.44. The highest BCUT2D eigenvalue weighted by molar-refractivity contribution is 6.42. The highest BCUT2D eigenvalue weighted by Gasteiger charge is 2.39. The molecule has 1 aromatic rings. The number of amides is 1. The van der Waals surface area contributed by atoms with Crippen molar-refractivity contribution in [1.29, 1.82) is 0 Å². The van der Waals surface area contributed by atoms with E-state index in [0.29, 0.717) is 29.6 Å². The van der Waals surface area contributed by atoms with E-state index in [-0.39, 0.29) is 18.1 Å². The van der Waals surface area contributed by atoms with Crippen molar-refractivity contribution in [2.45, 2.75) is 57.5 Å². The molecule has 1 aromatic carbocycles. The maximum absolute atomic E-state index is 12.5. The number of rotatable bonds is 4. The SMILES string of the molecule is CC(C)(C)OC(=O)N1CCC[C@@](CCCO)(c2ccc(Cl)c(Cl)c2)C1. The Labute approximate surface area is 160 Å². The van der Waals surface area contributed by atoms with Crippen LogP contribution < -0.4 is 0 Å². The molecule has 0 radical (unpaired) electrons. The summed E-state index contributed by atoms with van der Waals surface area (Å²) in [5.41, 5.74) is 0.293. The van der Waals surface area contributed by atoms with Gasteiger partial charge in [-0.2, -0.15) is 0 Å². The topological polar surface area (TPSA) is 49.8 Å². The Morgan fingerprint density at radius 2 is 2.04 bits per heavy atom. The summed E-state index contributed by atoms with van der Waals surface area (Å²) in [6.45, 7) is 6.96. The van der Waals surface area contributed by atoms with Gasteiger partial charge >= 0.3 is 6.09 Å². The second-order valence-electron chi connectivity index (χ2n) is 7.74. The molecule has 2 rings (SSSR count). The van der Waals surface area contributed by atoms with Gasteiger partial charge in [0.25, 0.3) is 0 Å². The Morgan fingerprint density at radius 3 is 2.64 bits per heavy atom. The number of hydrogen-bond acceptors (Lipinski definition) is 3. The van der Waals surface area contributed by atoms with Gasteiger partial charge < -0.3 is 14.7 Å². The van der Waals surface area contributed by atoms with Crippen LogP contribution in [0.25, 0.3) is 0 Å². The smallest absolute Gasteiger partial charge is 0.410 e. The van der Waals surface area contributed by atoms with Gasteiger partial charge in [0.05, 0.1) is 10.0 Å². The molecule has 4 nitrogen and oxygen atoms in total. The van der Waals surface area contributed by atoms with E-state index < -0.39 is 5.60 Å². The second kappa shape index (κ2) is 8.15. The highest BCUT2D eigenvalue weighted by atomic mass is 35.5. The van der Waals surface area contributed by atoms with E-state index in [1.165, 1.54) is 0 Å². The molecule has 0 saturated carbocycles. The minimum atomic E-state index is -0.522. The summed E-state index contributed by atoms with van der Waals surface area (Å²) in [7, 11) is 0. The van der Waals surface area contributed by atoms with Gasteiger partial charge in [0.1, 0.15) is 5.60 Å². The number of benzene rings is 1. The predicted octanol–water partition coefficient (Wildman–Crippen LogP) is 5.03. The van der Waals surface area contributed by atoms with Crippen LogP contribution in [-0.4, -0.2) is 41.4 Å². The maximum atomic E-state index is 12.5. The van der Waals surface area contributed by atoms with Crippen molar-refractivity contribution in [3.05, 3.63) is 33.8 Å². The fraction of sp³-hybridized carbons (Fsp3) is 0.632. The Morgan fingerprint density at radius 1 is 1.32 bits per heavy atom. The summed E-state index contributed by atoms with van der Waals surface area (Å²) in [6, 6.07) is 5.66. The van der Waals surface area contributed by atoms with E-state index in [4.69, 9.17) is 27.9 Å². The van der Waals surface area contributed by atoms with Gasteiger partial charge in [0.2, 0.25) is 0 Å². The zero-order chi connectivity index (χ0) is 18.7. The fourth-order valence-corrected chi connectivity index (χ4v) is 3.74. The number of aliphatic hydroxyl groups is 1. The quantitative estimate of drug-likeness (QED) is 0.787.